The summed E-state index contributed by atoms with van der Waals surface area (Å²) in [6, 6.07) is 4.10. The molecule has 1 saturated carbocycles. The molecule has 0 spiro atoms. The second-order valence-electron chi connectivity index (χ2n) is 4.93. The number of aryl methyl sites for hydroxylation is 1. The van der Waals surface area contributed by atoms with Crippen LogP contribution in [0.25, 0.3) is 0 Å². The van der Waals surface area contributed by atoms with E-state index >= 15 is 0 Å². The minimum Gasteiger partial charge on any atom is -0.386 e. The van der Waals surface area contributed by atoms with Gasteiger partial charge >= 0.3 is 0 Å². The third-order valence-electron chi connectivity index (χ3n) is 3.49. The van der Waals surface area contributed by atoms with Gasteiger partial charge in [0.2, 0.25) is 0 Å². The first-order valence-corrected chi connectivity index (χ1v) is 5.57. The Morgan fingerprint density at radius 1 is 1.40 bits per heavy atom. The maximum absolute atomic E-state index is 10.2. The van der Waals surface area contributed by atoms with E-state index in [9.17, 15) is 5.11 Å². The highest BCUT2D eigenvalue weighted by Gasteiger charge is 2.52. The molecule has 3 nitrogen and oxygen atoms in total. The molecule has 0 atom stereocenters. The fraction of sp³-hybridized carbons (Fsp3) is 0.583. The number of hydrogen-bond donors (Lipinski definition) is 1. The fourth-order valence-electron chi connectivity index (χ4n) is 2.30. The van der Waals surface area contributed by atoms with Gasteiger partial charge in [-0.1, -0.05) is 6.07 Å². The number of anilines is 1. The maximum Gasteiger partial charge on any atom is 0.128 e. The third-order valence-corrected chi connectivity index (χ3v) is 3.49. The molecule has 0 bridgehead atoms. The number of pyridine rings is 1. The lowest BCUT2D eigenvalue weighted by Gasteiger charge is -2.47. The molecule has 0 unspecified atom stereocenters. The van der Waals surface area contributed by atoms with Crippen molar-refractivity contribution in [1.82, 2.24) is 4.98 Å². The fourth-order valence-corrected chi connectivity index (χ4v) is 2.30. The Kier molecular flexibility index (Phi) is 1.80. The zero-order valence-corrected chi connectivity index (χ0v) is 8.98. The van der Waals surface area contributed by atoms with E-state index in [1.54, 1.807) is 0 Å². The normalized spacial score (nSPS) is 23.7. The lowest BCUT2D eigenvalue weighted by atomic mass is 9.89. The van der Waals surface area contributed by atoms with Crippen molar-refractivity contribution < 1.29 is 5.11 Å². The summed E-state index contributed by atoms with van der Waals surface area (Å²) in [4.78, 5) is 6.51. The Hall–Kier alpha value is -1.09. The molecule has 2 fully saturated rings. The molecule has 0 aromatic carbocycles. The van der Waals surface area contributed by atoms with Crippen LogP contribution in [0.4, 0.5) is 5.82 Å². The Morgan fingerprint density at radius 2 is 2.13 bits per heavy atom. The van der Waals surface area contributed by atoms with Crippen molar-refractivity contribution in [3.05, 3.63) is 23.9 Å². The van der Waals surface area contributed by atoms with Gasteiger partial charge < -0.3 is 10.0 Å². The summed E-state index contributed by atoms with van der Waals surface area (Å²) >= 11 is 0. The first-order chi connectivity index (χ1) is 7.17. The van der Waals surface area contributed by atoms with Crippen LogP contribution in [0, 0.1) is 12.8 Å². The van der Waals surface area contributed by atoms with Crippen LogP contribution in [-0.4, -0.2) is 28.8 Å². The largest absolute Gasteiger partial charge is 0.386 e. The van der Waals surface area contributed by atoms with Gasteiger partial charge in [0.15, 0.2) is 0 Å². The van der Waals surface area contributed by atoms with E-state index in [4.69, 9.17) is 0 Å². The van der Waals surface area contributed by atoms with E-state index < -0.39 is 5.60 Å². The molecule has 1 aliphatic heterocycles. The highest BCUT2D eigenvalue weighted by molar-refractivity contribution is 5.45. The van der Waals surface area contributed by atoms with Gasteiger partial charge in [0.25, 0.3) is 0 Å². The number of aromatic nitrogens is 1. The molecule has 3 heteroatoms. The molecule has 2 heterocycles. The third kappa shape index (κ3) is 1.51. The predicted octanol–water partition coefficient (Wildman–Crippen LogP) is 1.35. The molecular formula is C12H16N2O. The van der Waals surface area contributed by atoms with Crippen LogP contribution >= 0.6 is 0 Å². The van der Waals surface area contributed by atoms with Crippen molar-refractivity contribution in [2.24, 2.45) is 5.92 Å². The summed E-state index contributed by atoms with van der Waals surface area (Å²) in [5.41, 5.74) is 0.767. The molecular weight excluding hydrogens is 188 g/mol. The smallest absolute Gasteiger partial charge is 0.128 e. The second-order valence-corrected chi connectivity index (χ2v) is 4.93. The summed E-state index contributed by atoms with van der Waals surface area (Å²) in [5, 5.41) is 10.2. The second kappa shape index (κ2) is 2.95. The zero-order valence-electron chi connectivity index (χ0n) is 8.98. The summed E-state index contributed by atoms with van der Waals surface area (Å²) in [7, 11) is 0. The highest BCUT2D eigenvalue weighted by Crippen LogP contribution is 2.45. The highest BCUT2D eigenvalue weighted by atomic mass is 16.3. The minimum atomic E-state index is -0.410. The molecule has 1 aromatic rings. The Labute approximate surface area is 89.7 Å². The average Bonchev–Trinajstić information content (AvgIpc) is 2.98. The van der Waals surface area contributed by atoms with Gasteiger partial charge in [-0.3, -0.25) is 0 Å². The number of hydrogen-bond acceptors (Lipinski definition) is 3. The van der Waals surface area contributed by atoms with Crippen molar-refractivity contribution in [1.29, 1.82) is 0 Å². The van der Waals surface area contributed by atoms with E-state index in [1.807, 2.05) is 19.2 Å². The number of nitrogens with zero attached hydrogens (tertiary/aromatic N) is 2. The van der Waals surface area contributed by atoms with E-state index in [-0.39, 0.29) is 0 Å². The van der Waals surface area contributed by atoms with Crippen LogP contribution < -0.4 is 4.90 Å². The van der Waals surface area contributed by atoms with Crippen LogP contribution in [0.1, 0.15) is 18.4 Å². The van der Waals surface area contributed by atoms with Gasteiger partial charge in [-0.05, 0) is 37.3 Å². The Bertz CT molecular complexity index is 364. The van der Waals surface area contributed by atoms with Gasteiger partial charge in [-0.2, -0.15) is 0 Å². The minimum absolute atomic E-state index is 0.410. The number of β-amino-alcohol motifs (C(OH)–C–C–N with tert-alkyl or cyclic N) is 1. The molecule has 3 rings (SSSR count). The zero-order chi connectivity index (χ0) is 10.5. The predicted molar refractivity (Wildman–Crippen MR) is 58.9 cm³/mol. The molecule has 80 valence electrons. The van der Waals surface area contributed by atoms with Crippen LogP contribution in [-0.2, 0) is 0 Å². The first kappa shape index (κ1) is 9.16. The molecule has 1 N–H and O–H groups in total. The molecule has 0 amide bonds. The topological polar surface area (TPSA) is 36.4 Å². The average molecular weight is 204 g/mol. The maximum atomic E-state index is 10.2. The van der Waals surface area contributed by atoms with Gasteiger partial charge in [-0.15, -0.1) is 0 Å². The lowest BCUT2D eigenvalue weighted by molar-refractivity contribution is -0.00973. The van der Waals surface area contributed by atoms with Crippen molar-refractivity contribution in [3.8, 4) is 0 Å². The van der Waals surface area contributed by atoms with E-state index in [0.29, 0.717) is 5.92 Å². The Morgan fingerprint density at radius 3 is 2.67 bits per heavy atom. The van der Waals surface area contributed by atoms with E-state index in [2.05, 4.69) is 16.0 Å². The number of rotatable bonds is 2. The molecule has 0 radical (unpaired) electrons. The monoisotopic (exact) mass is 204 g/mol. The van der Waals surface area contributed by atoms with Crippen molar-refractivity contribution in [3.63, 3.8) is 0 Å². The van der Waals surface area contributed by atoms with Gasteiger partial charge in [0.1, 0.15) is 11.4 Å². The molecule has 1 aromatic heterocycles. The van der Waals surface area contributed by atoms with Crippen LogP contribution in [0.3, 0.4) is 0 Å². The summed E-state index contributed by atoms with van der Waals surface area (Å²) in [6.07, 6.45) is 4.28. The van der Waals surface area contributed by atoms with E-state index in [1.165, 1.54) is 18.4 Å². The summed E-state index contributed by atoms with van der Waals surface area (Å²) < 4.78 is 0. The van der Waals surface area contributed by atoms with Gasteiger partial charge in [0.05, 0.1) is 13.1 Å². The first-order valence-electron chi connectivity index (χ1n) is 5.57. The SMILES string of the molecule is Cc1ccc(N2CC(O)(C3CC3)C2)nc1. The molecule has 1 saturated heterocycles. The van der Waals surface area contributed by atoms with Gasteiger partial charge in [0, 0.05) is 6.20 Å². The molecule has 15 heavy (non-hydrogen) atoms. The van der Waals surface area contributed by atoms with Crippen molar-refractivity contribution in [2.75, 3.05) is 18.0 Å². The van der Waals surface area contributed by atoms with Crippen molar-refractivity contribution in [2.45, 2.75) is 25.4 Å². The van der Waals surface area contributed by atoms with Gasteiger partial charge in [-0.25, -0.2) is 4.98 Å². The number of aliphatic hydroxyl groups is 1. The summed E-state index contributed by atoms with van der Waals surface area (Å²) in [6.45, 7) is 3.55. The van der Waals surface area contributed by atoms with E-state index in [0.717, 1.165) is 18.9 Å². The Balaban J connectivity index is 1.69. The van der Waals surface area contributed by atoms with Crippen LogP contribution in [0.2, 0.25) is 0 Å². The molecule has 2 aliphatic rings. The lowest BCUT2D eigenvalue weighted by Crippen LogP contribution is -2.63. The van der Waals surface area contributed by atoms with Crippen molar-refractivity contribution >= 4 is 5.82 Å². The standard InChI is InChI=1S/C12H16N2O/c1-9-2-5-11(13-6-9)14-7-12(15,8-14)10-3-4-10/h2,5-6,10,15H,3-4,7-8H2,1H3. The van der Waals surface area contributed by atoms with Crippen LogP contribution in [0.5, 0.6) is 0 Å². The quantitative estimate of drug-likeness (QED) is 0.790. The molecule has 1 aliphatic carbocycles. The van der Waals surface area contributed by atoms with Crippen LogP contribution in [0.15, 0.2) is 18.3 Å². The summed E-state index contributed by atoms with van der Waals surface area (Å²) in [5.74, 6) is 1.55.